The molecule has 2 aromatic carbocycles. The molecule has 3 amide bonds. The van der Waals surface area contributed by atoms with Crippen molar-refractivity contribution < 1.29 is 14.4 Å². The second-order valence-corrected chi connectivity index (χ2v) is 8.54. The van der Waals surface area contributed by atoms with Crippen molar-refractivity contribution in [2.24, 2.45) is 5.73 Å². The van der Waals surface area contributed by atoms with E-state index >= 15 is 0 Å². The van der Waals surface area contributed by atoms with Gasteiger partial charge in [0.15, 0.2) is 0 Å². The minimum Gasteiger partial charge on any atom is -0.367 e. The zero-order chi connectivity index (χ0) is 21.5. The maximum atomic E-state index is 13.1. The summed E-state index contributed by atoms with van der Waals surface area (Å²) in [5.41, 5.74) is 11.2. The summed E-state index contributed by atoms with van der Waals surface area (Å²) in [4.78, 5) is 40.9. The molecule has 0 radical (unpaired) electrons. The van der Waals surface area contributed by atoms with Crippen molar-refractivity contribution in [3.63, 3.8) is 0 Å². The Hall–Kier alpha value is -3.19. The number of imide groups is 1. The fourth-order valence-corrected chi connectivity index (χ4v) is 5.12. The standard InChI is InChI=1S/C24H26N4O3/c25-12-15-10-11-27(20-7-2-1-5-17(15)20)13-16-4-3-6-18-19(16)14-28(24(18)31)21-8-9-22(29)26-23(21)30/h1-7,15,21H,8-14,25H2,(H,26,29,30). The predicted octanol–water partition coefficient (Wildman–Crippen LogP) is 1.90. The molecule has 7 nitrogen and oxygen atoms in total. The number of piperidine rings is 1. The number of hydrogen-bond donors (Lipinski definition) is 2. The van der Waals surface area contributed by atoms with Gasteiger partial charge in [-0.25, -0.2) is 0 Å². The highest BCUT2D eigenvalue weighted by atomic mass is 16.2. The van der Waals surface area contributed by atoms with Crippen LogP contribution in [0.1, 0.15) is 52.2 Å². The molecule has 160 valence electrons. The summed E-state index contributed by atoms with van der Waals surface area (Å²) < 4.78 is 0. The SMILES string of the molecule is NCC1CCN(Cc2cccc3c2CN(C2CCC(=O)NC2=O)C3=O)c2ccccc21. The number of nitrogens with two attached hydrogens (primary N) is 1. The van der Waals surface area contributed by atoms with Gasteiger partial charge in [-0.1, -0.05) is 30.3 Å². The summed E-state index contributed by atoms with van der Waals surface area (Å²) in [5, 5.41) is 2.36. The van der Waals surface area contributed by atoms with E-state index in [1.165, 1.54) is 11.3 Å². The van der Waals surface area contributed by atoms with Gasteiger partial charge in [-0.05, 0) is 54.1 Å². The first-order chi connectivity index (χ1) is 15.1. The molecule has 2 unspecified atom stereocenters. The van der Waals surface area contributed by atoms with Crippen molar-refractivity contribution in [1.29, 1.82) is 0 Å². The summed E-state index contributed by atoms with van der Waals surface area (Å²) in [6.07, 6.45) is 1.64. The maximum Gasteiger partial charge on any atom is 0.255 e. The van der Waals surface area contributed by atoms with Crippen LogP contribution in [-0.4, -0.2) is 41.8 Å². The lowest BCUT2D eigenvalue weighted by Gasteiger charge is -2.36. The number of benzene rings is 2. The molecule has 0 saturated carbocycles. The third-order valence-electron chi connectivity index (χ3n) is 6.79. The van der Waals surface area contributed by atoms with Crippen molar-refractivity contribution in [2.75, 3.05) is 18.0 Å². The highest BCUT2D eigenvalue weighted by Gasteiger charge is 2.40. The lowest BCUT2D eigenvalue weighted by Crippen LogP contribution is -2.52. The third kappa shape index (κ3) is 3.39. The summed E-state index contributed by atoms with van der Waals surface area (Å²) in [5.74, 6) is -0.408. The van der Waals surface area contributed by atoms with Crippen LogP contribution in [0, 0.1) is 0 Å². The zero-order valence-corrected chi connectivity index (χ0v) is 17.3. The lowest BCUT2D eigenvalue weighted by atomic mass is 9.89. The molecule has 3 heterocycles. The quantitative estimate of drug-likeness (QED) is 0.740. The Morgan fingerprint density at radius 2 is 1.87 bits per heavy atom. The Morgan fingerprint density at radius 3 is 2.68 bits per heavy atom. The van der Waals surface area contributed by atoms with Gasteiger partial charge in [0, 0.05) is 37.3 Å². The summed E-state index contributed by atoms with van der Waals surface area (Å²) in [7, 11) is 0. The van der Waals surface area contributed by atoms with Gasteiger partial charge in [0.05, 0.1) is 0 Å². The van der Waals surface area contributed by atoms with Gasteiger partial charge in [0.2, 0.25) is 11.8 Å². The molecule has 2 atom stereocenters. The molecule has 1 saturated heterocycles. The maximum absolute atomic E-state index is 13.1. The van der Waals surface area contributed by atoms with Crippen LogP contribution < -0.4 is 16.0 Å². The van der Waals surface area contributed by atoms with E-state index in [1.807, 2.05) is 18.2 Å². The van der Waals surface area contributed by atoms with E-state index < -0.39 is 6.04 Å². The highest BCUT2D eigenvalue weighted by molar-refractivity contribution is 6.05. The molecular formula is C24H26N4O3. The summed E-state index contributed by atoms with van der Waals surface area (Å²) >= 11 is 0. The van der Waals surface area contributed by atoms with E-state index in [-0.39, 0.29) is 24.1 Å². The molecule has 0 bridgehead atoms. The van der Waals surface area contributed by atoms with Gasteiger partial charge in [0.25, 0.3) is 5.91 Å². The smallest absolute Gasteiger partial charge is 0.255 e. The number of para-hydroxylation sites is 1. The molecule has 1 fully saturated rings. The second kappa shape index (κ2) is 7.81. The van der Waals surface area contributed by atoms with Crippen molar-refractivity contribution in [2.45, 2.75) is 44.3 Å². The Kier molecular flexibility index (Phi) is 4.98. The molecule has 3 aliphatic rings. The van der Waals surface area contributed by atoms with E-state index in [1.54, 1.807) is 4.90 Å². The molecule has 3 aliphatic heterocycles. The van der Waals surface area contributed by atoms with Crippen LogP contribution in [0.5, 0.6) is 0 Å². The first-order valence-corrected chi connectivity index (χ1v) is 10.9. The fraction of sp³-hybridized carbons (Fsp3) is 0.375. The first kappa shape index (κ1) is 19.8. The first-order valence-electron chi connectivity index (χ1n) is 10.9. The van der Waals surface area contributed by atoms with Crippen LogP contribution >= 0.6 is 0 Å². The number of fused-ring (bicyclic) bond motifs is 2. The highest BCUT2D eigenvalue weighted by Crippen LogP contribution is 2.37. The zero-order valence-electron chi connectivity index (χ0n) is 17.3. The molecule has 0 aromatic heterocycles. The third-order valence-corrected chi connectivity index (χ3v) is 6.79. The molecule has 0 aliphatic carbocycles. The average Bonchev–Trinajstić information content (AvgIpc) is 3.11. The summed E-state index contributed by atoms with van der Waals surface area (Å²) in [6, 6.07) is 13.6. The number of carbonyl (C=O) groups excluding carboxylic acids is 3. The number of rotatable bonds is 4. The fourth-order valence-electron chi connectivity index (χ4n) is 5.12. The van der Waals surface area contributed by atoms with Crippen LogP contribution in [0.3, 0.4) is 0 Å². The van der Waals surface area contributed by atoms with Crippen molar-refractivity contribution >= 4 is 23.4 Å². The summed E-state index contributed by atoms with van der Waals surface area (Å²) in [6.45, 7) is 2.65. The Bertz CT molecular complexity index is 1070. The van der Waals surface area contributed by atoms with Gasteiger partial charge in [-0.15, -0.1) is 0 Å². The molecular weight excluding hydrogens is 392 g/mol. The number of nitrogens with one attached hydrogen (secondary N) is 1. The monoisotopic (exact) mass is 418 g/mol. The van der Waals surface area contributed by atoms with Gasteiger partial charge < -0.3 is 15.5 Å². The second-order valence-electron chi connectivity index (χ2n) is 8.54. The van der Waals surface area contributed by atoms with Crippen molar-refractivity contribution in [1.82, 2.24) is 10.2 Å². The number of carbonyl (C=O) groups is 3. The minimum atomic E-state index is -0.591. The Labute approximate surface area is 181 Å². The van der Waals surface area contributed by atoms with Gasteiger partial charge in [-0.2, -0.15) is 0 Å². The normalized spacial score (nSPS) is 22.9. The molecule has 0 spiro atoms. The molecule has 31 heavy (non-hydrogen) atoms. The van der Waals surface area contributed by atoms with Crippen molar-refractivity contribution in [3.05, 3.63) is 64.7 Å². The lowest BCUT2D eigenvalue weighted by molar-refractivity contribution is -0.136. The Balaban J connectivity index is 1.42. The largest absolute Gasteiger partial charge is 0.367 e. The van der Waals surface area contributed by atoms with E-state index in [0.29, 0.717) is 37.5 Å². The topological polar surface area (TPSA) is 95.7 Å². The molecule has 3 N–H and O–H groups in total. The minimum absolute atomic E-state index is 0.131. The predicted molar refractivity (Wildman–Crippen MR) is 116 cm³/mol. The van der Waals surface area contributed by atoms with Gasteiger partial charge in [-0.3, -0.25) is 19.7 Å². The number of anilines is 1. The Morgan fingerprint density at radius 1 is 1.03 bits per heavy atom. The molecule has 7 heteroatoms. The van der Waals surface area contributed by atoms with Crippen LogP contribution in [0.4, 0.5) is 5.69 Å². The van der Waals surface area contributed by atoms with Crippen molar-refractivity contribution in [3.8, 4) is 0 Å². The number of hydrogen-bond acceptors (Lipinski definition) is 5. The van der Waals surface area contributed by atoms with E-state index in [4.69, 9.17) is 5.73 Å². The van der Waals surface area contributed by atoms with Crippen LogP contribution in [0.25, 0.3) is 0 Å². The number of amides is 3. The van der Waals surface area contributed by atoms with E-state index in [9.17, 15) is 14.4 Å². The molecule has 5 rings (SSSR count). The van der Waals surface area contributed by atoms with Crippen LogP contribution in [0.15, 0.2) is 42.5 Å². The van der Waals surface area contributed by atoms with E-state index in [0.717, 1.165) is 24.1 Å². The average molecular weight is 418 g/mol. The number of nitrogens with zero attached hydrogens (tertiary/aromatic N) is 2. The van der Waals surface area contributed by atoms with Crippen LogP contribution in [-0.2, 0) is 22.7 Å². The van der Waals surface area contributed by atoms with Gasteiger partial charge >= 0.3 is 0 Å². The van der Waals surface area contributed by atoms with Crippen LogP contribution in [0.2, 0.25) is 0 Å². The molecule has 2 aromatic rings. The van der Waals surface area contributed by atoms with E-state index in [2.05, 4.69) is 34.5 Å². The van der Waals surface area contributed by atoms with Gasteiger partial charge in [0.1, 0.15) is 6.04 Å².